The minimum atomic E-state index is -0.824. The number of hydrogen-bond donors (Lipinski definition) is 3. The number of amides is 1. The van der Waals surface area contributed by atoms with Gasteiger partial charge >= 0.3 is 0 Å². The topological polar surface area (TPSA) is 88.5 Å². The van der Waals surface area contributed by atoms with Gasteiger partial charge in [-0.1, -0.05) is 78.8 Å². The van der Waals surface area contributed by atoms with Gasteiger partial charge < -0.3 is 20.4 Å². The zero-order valence-electron chi connectivity index (χ0n) is 31.2. The van der Waals surface area contributed by atoms with Crippen LogP contribution in [0.3, 0.4) is 0 Å². The van der Waals surface area contributed by atoms with Gasteiger partial charge in [0.05, 0.1) is 19.3 Å². The van der Waals surface area contributed by atoms with Gasteiger partial charge in [0.2, 0.25) is 5.91 Å². The van der Waals surface area contributed by atoms with E-state index in [-0.39, 0.29) is 24.0 Å². The van der Waals surface area contributed by atoms with Gasteiger partial charge in [0.1, 0.15) is 12.1 Å². The van der Waals surface area contributed by atoms with Gasteiger partial charge in [0.25, 0.3) is 0 Å². The molecule has 4 rings (SSSR count). The summed E-state index contributed by atoms with van der Waals surface area (Å²) >= 11 is 1.80. The maximum absolute atomic E-state index is 14.2. The fourth-order valence-electron chi connectivity index (χ4n) is 8.17. The zero-order chi connectivity index (χ0) is 35.3. The van der Waals surface area contributed by atoms with E-state index in [1.54, 1.807) is 23.3 Å². The first kappa shape index (κ1) is 38.9. The minimum Gasteiger partial charge on any atom is -0.394 e. The van der Waals surface area contributed by atoms with Crippen molar-refractivity contribution in [1.82, 2.24) is 20.2 Å². The summed E-state index contributed by atoms with van der Waals surface area (Å²) in [7, 11) is 4.30. The maximum Gasteiger partial charge on any atom is 0.240 e. The van der Waals surface area contributed by atoms with Gasteiger partial charge in [-0.3, -0.25) is 14.5 Å². The first-order valence-corrected chi connectivity index (χ1v) is 19.0. The molecule has 1 aromatic carbocycles. The Morgan fingerprint density at radius 2 is 1.81 bits per heavy atom. The fourth-order valence-corrected chi connectivity index (χ4v) is 8.90. The van der Waals surface area contributed by atoms with Crippen molar-refractivity contribution in [2.75, 3.05) is 27.2 Å². The molecule has 9 atom stereocenters. The van der Waals surface area contributed by atoms with E-state index in [1.807, 2.05) is 0 Å². The lowest BCUT2D eigenvalue weighted by Gasteiger charge is -2.50. The van der Waals surface area contributed by atoms with Crippen LogP contribution in [0, 0.1) is 35.0 Å². The number of nitrogens with one attached hydrogen (secondary N) is 1. The van der Waals surface area contributed by atoms with Gasteiger partial charge in [-0.25, -0.2) is 0 Å². The highest BCUT2D eigenvalue weighted by Gasteiger charge is 2.51. The van der Waals surface area contributed by atoms with E-state index in [0.29, 0.717) is 36.3 Å². The van der Waals surface area contributed by atoms with Gasteiger partial charge in [-0.2, -0.15) is 5.06 Å². The molecular formula is C39H64N4O4S. The van der Waals surface area contributed by atoms with Crippen molar-refractivity contribution in [1.29, 1.82) is 0 Å². The standard InChI is InChI=1S/C39H64N4O4S/c1-25(2)17-32(22-41(9)10)42(23-33-15-12-16-48-33)20-30-13-11-14-31(19-30)21-43-37(36(29(6)45)35(24-44)47-43)38(46)40-34-18-26(3)39(7,8)28(5)27(34)4/h11-16,19,25-29,32,34-37,44-45H,17-18,20-24H2,1-10H3,(H,40,46)/t26-,27+,28+,29+,32+,34+,35+,36-,37+/m1/s1. The highest BCUT2D eigenvalue weighted by atomic mass is 32.1. The molecule has 0 unspecified atom stereocenters. The molecule has 9 heteroatoms. The Morgan fingerprint density at radius 3 is 2.42 bits per heavy atom. The van der Waals surface area contributed by atoms with Crippen LogP contribution < -0.4 is 5.32 Å². The van der Waals surface area contributed by atoms with Gasteiger partial charge in [-0.15, -0.1) is 11.3 Å². The molecule has 1 amide bonds. The van der Waals surface area contributed by atoms with E-state index in [0.717, 1.165) is 38.0 Å². The second-order valence-electron chi connectivity index (χ2n) is 16.2. The van der Waals surface area contributed by atoms with Crippen molar-refractivity contribution < 1.29 is 19.8 Å². The molecule has 2 aromatic rings. The molecule has 2 fully saturated rings. The number of aliphatic hydroxyl groups is 2. The van der Waals surface area contributed by atoms with Crippen molar-refractivity contribution in [3.63, 3.8) is 0 Å². The Labute approximate surface area is 294 Å². The molecule has 3 N–H and O–H groups in total. The summed E-state index contributed by atoms with van der Waals surface area (Å²) < 4.78 is 0. The number of hydroxylamine groups is 2. The summed E-state index contributed by atoms with van der Waals surface area (Å²) in [5, 5.41) is 28.4. The minimum absolute atomic E-state index is 0.0406. The maximum atomic E-state index is 14.2. The number of benzene rings is 1. The van der Waals surface area contributed by atoms with Crippen LogP contribution in [0.4, 0.5) is 0 Å². The average Bonchev–Trinajstić information content (AvgIpc) is 3.66. The Balaban J connectivity index is 1.57. The van der Waals surface area contributed by atoms with E-state index in [4.69, 9.17) is 4.84 Å². The third-order valence-electron chi connectivity index (χ3n) is 11.7. The Kier molecular flexibility index (Phi) is 13.7. The van der Waals surface area contributed by atoms with Crippen LogP contribution in [0.15, 0.2) is 41.8 Å². The molecule has 1 aliphatic heterocycles. The second-order valence-corrected chi connectivity index (χ2v) is 17.3. The molecule has 48 heavy (non-hydrogen) atoms. The molecule has 0 radical (unpaired) electrons. The molecular weight excluding hydrogens is 621 g/mol. The summed E-state index contributed by atoms with van der Waals surface area (Å²) in [5.41, 5.74) is 2.44. The molecule has 1 aliphatic carbocycles. The van der Waals surface area contributed by atoms with Gasteiger partial charge in [-0.05, 0) is 85.5 Å². The van der Waals surface area contributed by atoms with Crippen LogP contribution in [-0.4, -0.2) is 88.6 Å². The Hall–Kier alpha value is -1.85. The van der Waals surface area contributed by atoms with E-state index in [9.17, 15) is 15.0 Å². The number of hydrogen-bond acceptors (Lipinski definition) is 8. The molecule has 1 aromatic heterocycles. The van der Waals surface area contributed by atoms with E-state index >= 15 is 0 Å². The SMILES string of the molecule is CC(C)C[C@@H](CN(C)C)N(Cc1cccc(CN2O[C@@H](CO)[C@@H]([C@H](C)O)[C@H]2C(=O)N[C@H]2C[C@@H](C)C(C)(C)[C@@H](C)[C@@H]2C)c1)Cc1cccs1. The monoisotopic (exact) mass is 684 g/mol. The Morgan fingerprint density at radius 1 is 1.10 bits per heavy atom. The highest BCUT2D eigenvalue weighted by molar-refractivity contribution is 7.09. The van der Waals surface area contributed by atoms with E-state index in [1.165, 1.54) is 10.4 Å². The molecule has 0 spiro atoms. The van der Waals surface area contributed by atoms with Gasteiger partial charge in [0.15, 0.2) is 0 Å². The number of nitrogens with zero attached hydrogens (tertiary/aromatic N) is 3. The lowest BCUT2D eigenvalue weighted by Crippen LogP contribution is -2.56. The van der Waals surface area contributed by atoms with Crippen molar-refractivity contribution in [2.45, 2.75) is 118 Å². The van der Waals surface area contributed by atoms with Crippen molar-refractivity contribution in [3.05, 3.63) is 57.8 Å². The normalized spacial score (nSPS) is 29.1. The summed E-state index contributed by atoms with van der Waals surface area (Å²) in [6, 6.07) is 12.6. The van der Waals surface area contributed by atoms with Crippen LogP contribution in [0.25, 0.3) is 0 Å². The van der Waals surface area contributed by atoms with Crippen LogP contribution in [0.2, 0.25) is 0 Å². The number of carbonyl (C=O) groups excluding carboxylic acids is 1. The summed E-state index contributed by atoms with van der Waals surface area (Å²) in [4.78, 5) is 26.7. The smallest absolute Gasteiger partial charge is 0.240 e. The average molecular weight is 685 g/mol. The molecule has 270 valence electrons. The number of carbonyl (C=O) groups is 1. The predicted molar refractivity (Wildman–Crippen MR) is 196 cm³/mol. The second kappa shape index (κ2) is 16.9. The highest BCUT2D eigenvalue weighted by Crippen LogP contribution is 2.47. The molecule has 2 aliphatic rings. The molecule has 1 saturated heterocycles. The van der Waals surface area contributed by atoms with Crippen LogP contribution in [-0.2, 0) is 29.3 Å². The lowest BCUT2D eigenvalue weighted by molar-refractivity contribution is -0.182. The first-order chi connectivity index (χ1) is 22.6. The van der Waals surface area contributed by atoms with Gasteiger partial charge in [0, 0.05) is 42.5 Å². The third kappa shape index (κ3) is 9.47. The predicted octanol–water partition coefficient (Wildman–Crippen LogP) is 6.02. The van der Waals surface area contributed by atoms with Crippen LogP contribution in [0.5, 0.6) is 0 Å². The number of likely N-dealkylation sites (N-methyl/N-ethyl adjacent to an activating group) is 1. The third-order valence-corrected chi connectivity index (χ3v) is 12.5. The summed E-state index contributed by atoms with van der Waals surface area (Å²) in [6.45, 7) is 20.6. The number of rotatable bonds is 15. The molecule has 1 saturated carbocycles. The lowest BCUT2D eigenvalue weighted by atomic mass is 9.58. The fraction of sp³-hybridized carbons (Fsp3) is 0.718. The quantitative estimate of drug-likeness (QED) is 0.212. The van der Waals surface area contributed by atoms with Crippen LogP contribution >= 0.6 is 11.3 Å². The largest absolute Gasteiger partial charge is 0.394 e. The van der Waals surface area contributed by atoms with Crippen molar-refractivity contribution in [2.24, 2.45) is 35.0 Å². The van der Waals surface area contributed by atoms with Crippen molar-refractivity contribution >= 4 is 17.2 Å². The molecule has 0 bridgehead atoms. The molecule has 8 nitrogen and oxygen atoms in total. The van der Waals surface area contributed by atoms with Crippen molar-refractivity contribution in [3.8, 4) is 0 Å². The Bertz CT molecular complexity index is 1270. The molecule has 2 heterocycles. The number of aliphatic hydroxyl groups excluding tert-OH is 2. The van der Waals surface area contributed by atoms with E-state index < -0.39 is 24.2 Å². The van der Waals surface area contributed by atoms with Crippen LogP contribution in [0.1, 0.15) is 84.2 Å². The first-order valence-electron chi connectivity index (χ1n) is 18.1. The number of thiophene rings is 1. The summed E-state index contributed by atoms with van der Waals surface area (Å²) in [5.74, 6) is 1.12. The summed E-state index contributed by atoms with van der Waals surface area (Å²) in [6.07, 6.45) is 0.541. The zero-order valence-corrected chi connectivity index (χ0v) is 32.0. The van der Waals surface area contributed by atoms with E-state index in [2.05, 4.69) is 119 Å².